The van der Waals surface area contributed by atoms with Crippen LogP contribution in [0.15, 0.2) is 0 Å². The maximum atomic E-state index is 13.2. The minimum Gasteiger partial charge on any atom is -0.444 e. The van der Waals surface area contributed by atoms with Gasteiger partial charge in [0.2, 0.25) is 0 Å². The number of carbonyl (C=O) groups is 1. The number of likely N-dealkylation sites (tertiary alicyclic amines) is 1. The number of thiocarbonyl (C=S) groups is 1. The average molecular weight is 248 g/mol. The van der Waals surface area contributed by atoms with Crippen LogP contribution in [-0.4, -0.2) is 40.3 Å². The first-order valence-electron chi connectivity index (χ1n) is 5.13. The summed E-state index contributed by atoms with van der Waals surface area (Å²) in [6.07, 6.45) is -1.49. The Balaban J connectivity index is 2.71. The number of nitrogens with zero attached hydrogens (tertiary/aromatic N) is 1. The average Bonchev–Trinajstić information content (AvgIpc) is 2.44. The molecule has 16 heavy (non-hydrogen) atoms. The van der Waals surface area contributed by atoms with Gasteiger partial charge in [-0.15, -0.1) is 0 Å². The molecule has 0 aromatic rings. The van der Waals surface area contributed by atoms with Gasteiger partial charge in [-0.25, -0.2) is 9.18 Å². The van der Waals surface area contributed by atoms with Crippen molar-refractivity contribution in [3.63, 3.8) is 0 Å². The number of alkyl halides is 1. The molecule has 2 atom stereocenters. The molecule has 0 unspecified atom stereocenters. The molecule has 0 radical (unpaired) electrons. The van der Waals surface area contributed by atoms with Crippen LogP contribution in [0.5, 0.6) is 0 Å². The highest BCUT2D eigenvalue weighted by Crippen LogP contribution is 2.23. The van der Waals surface area contributed by atoms with Crippen LogP contribution in [0.4, 0.5) is 9.18 Å². The lowest BCUT2D eigenvalue weighted by atomic mass is 10.2. The van der Waals surface area contributed by atoms with Crippen LogP contribution in [0.3, 0.4) is 0 Å². The van der Waals surface area contributed by atoms with Gasteiger partial charge in [-0.1, -0.05) is 12.2 Å². The summed E-state index contributed by atoms with van der Waals surface area (Å²) in [7, 11) is 0. The molecule has 0 bridgehead atoms. The van der Waals surface area contributed by atoms with Crippen LogP contribution in [-0.2, 0) is 4.74 Å². The topological polar surface area (TPSA) is 55.6 Å². The fourth-order valence-corrected chi connectivity index (χ4v) is 1.80. The van der Waals surface area contributed by atoms with Crippen LogP contribution in [0, 0.1) is 0 Å². The second-order valence-electron chi connectivity index (χ2n) is 4.88. The Morgan fingerprint density at radius 3 is 2.56 bits per heavy atom. The summed E-state index contributed by atoms with van der Waals surface area (Å²) >= 11 is 4.81. The SMILES string of the molecule is CC(C)(C)OC(=O)N1C[C@@H](F)C[C@@H]1C(N)=S. The largest absolute Gasteiger partial charge is 0.444 e. The molecule has 1 rings (SSSR count). The summed E-state index contributed by atoms with van der Waals surface area (Å²) in [4.78, 5) is 13.1. The highest BCUT2D eigenvalue weighted by molar-refractivity contribution is 7.80. The van der Waals surface area contributed by atoms with Gasteiger partial charge in [-0.3, -0.25) is 4.90 Å². The van der Waals surface area contributed by atoms with Crippen LogP contribution in [0.1, 0.15) is 27.2 Å². The van der Waals surface area contributed by atoms with Crippen molar-refractivity contribution >= 4 is 23.3 Å². The maximum absolute atomic E-state index is 13.2. The van der Waals surface area contributed by atoms with Gasteiger partial charge in [-0.05, 0) is 20.8 Å². The standard InChI is InChI=1S/C10H17FN2O2S/c1-10(2,3)15-9(14)13-5-6(11)4-7(13)8(12)16/h6-7H,4-5H2,1-3H3,(H2,12,16)/t6-,7+/m0/s1. The second kappa shape index (κ2) is 4.53. The first kappa shape index (κ1) is 13.2. The quantitative estimate of drug-likeness (QED) is 0.716. The molecule has 1 heterocycles. The zero-order valence-corrected chi connectivity index (χ0v) is 10.5. The van der Waals surface area contributed by atoms with E-state index in [4.69, 9.17) is 22.7 Å². The normalized spacial score (nSPS) is 25.6. The van der Waals surface area contributed by atoms with Crippen molar-refractivity contribution in [2.24, 2.45) is 5.73 Å². The number of ether oxygens (including phenoxy) is 1. The molecule has 0 aromatic carbocycles. The van der Waals surface area contributed by atoms with Crippen molar-refractivity contribution in [1.82, 2.24) is 4.90 Å². The minimum absolute atomic E-state index is 0.00306. The molecule has 2 N–H and O–H groups in total. The summed E-state index contributed by atoms with van der Waals surface area (Å²) < 4.78 is 18.4. The molecule has 1 aliphatic heterocycles. The lowest BCUT2D eigenvalue weighted by Crippen LogP contribution is -2.45. The summed E-state index contributed by atoms with van der Waals surface area (Å²) in [5.74, 6) is 0. The van der Waals surface area contributed by atoms with E-state index in [-0.39, 0.29) is 18.0 Å². The zero-order valence-electron chi connectivity index (χ0n) is 9.70. The number of carbonyl (C=O) groups excluding carboxylic acids is 1. The third kappa shape index (κ3) is 3.30. The van der Waals surface area contributed by atoms with Crippen LogP contribution < -0.4 is 5.73 Å². The molecule has 1 saturated heterocycles. The predicted molar refractivity (Wildman–Crippen MR) is 63.0 cm³/mol. The first-order valence-corrected chi connectivity index (χ1v) is 5.54. The molecule has 1 amide bonds. The molecule has 6 heteroatoms. The first-order chi connectivity index (χ1) is 7.20. The van der Waals surface area contributed by atoms with Crippen molar-refractivity contribution in [3.8, 4) is 0 Å². The van der Waals surface area contributed by atoms with E-state index in [1.807, 2.05) is 0 Å². The van der Waals surface area contributed by atoms with E-state index < -0.39 is 23.9 Å². The summed E-state index contributed by atoms with van der Waals surface area (Å²) in [5, 5.41) is 0. The number of amides is 1. The molecule has 4 nitrogen and oxygen atoms in total. The molecule has 92 valence electrons. The van der Waals surface area contributed by atoms with Gasteiger partial charge >= 0.3 is 6.09 Å². The summed E-state index contributed by atoms with van der Waals surface area (Å²) in [6.45, 7) is 5.26. The smallest absolute Gasteiger partial charge is 0.410 e. The number of nitrogens with two attached hydrogens (primary N) is 1. The van der Waals surface area contributed by atoms with Crippen molar-refractivity contribution in [1.29, 1.82) is 0 Å². The second-order valence-corrected chi connectivity index (χ2v) is 5.36. The predicted octanol–water partition coefficient (Wildman–Crippen LogP) is 1.62. The highest BCUT2D eigenvalue weighted by Gasteiger charge is 2.39. The third-order valence-corrected chi connectivity index (χ3v) is 2.48. The molecule has 1 aliphatic rings. The number of rotatable bonds is 1. The van der Waals surface area contributed by atoms with Gasteiger partial charge in [0.15, 0.2) is 0 Å². The van der Waals surface area contributed by atoms with Gasteiger partial charge in [0.05, 0.1) is 17.6 Å². The lowest BCUT2D eigenvalue weighted by molar-refractivity contribution is 0.0257. The monoisotopic (exact) mass is 248 g/mol. The van der Waals surface area contributed by atoms with E-state index in [9.17, 15) is 9.18 Å². The van der Waals surface area contributed by atoms with E-state index in [2.05, 4.69) is 0 Å². The highest BCUT2D eigenvalue weighted by atomic mass is 32.1. The number of hydrogen-bond acceptors (Lipinski definition) is 3. The molecule has 0 aliphatic carbocycles. The van der Waals surface area contributed by atoms with Gasteiger partial charge < -0.3 is 10.5 Å². The minimum atomic E-state index is -1.08. The van der Waals surface area contributed by atoms with E-state index in [0.29, 0.717) is 0 Å². The van der Waals surface area contributed by atoms with Crippen molar-refractivity contribution in [3.05, 3.63) is 0 Å². The van der Waals surface area contributed by atoms with Crippen LogP contribution in [0.25, 0.3) is 0 Å². The fraction of sp³-hybridized carbons (Fsp3) is 0.800. The molecule has 0 saturated carbocycles. The van der Waals surface area contributed by atoms with Crippen molar-refractivity contribution in [2.75, 3.05) is 6.54 Å². The van der Waals surface area contributed by atoms with E-state index in [1.54, 1.807) is 20.8 Å². The molecule has 1 fully saturated rings. The van der Waals surface area contributed by atoms with Crippen LogP contribution >= 0.6 is 12.2 Å². The molecule has 0 aromatic heterocycles. The molecule has 0 spiro atoms. The van der Waals surface area contributed by atoms with E-state index in [1.165, 1.54) is 4.90 Å². The van der Waals surface area contributed by atoms with Gasteiger partial charge in [0.25, 0.3) is 0 Å². The Kier molecular flexibility index (Phi) is 3.72. The zero-order chi connectivity index (χ0) is 12.5. The fourth-order valence-electron chi connectivity index (χ4n) is 1.58. The molecular weight excluding hydrogens is 231 g/mol. The Morgan fingerprint density at radius 2 is 2.12 bits per heavy atom. The maximum Gasteiger partial charge on any atom is 0.410 e. The van der Waals surface area contributed by atoms with Crippen LogP contribution in [0.2, 0.25) is 0 Å². The third-order valence-electron chi connectivity index (χ3n) is 2.21. The Hall–Kier alpha value is -0.910. The van der Waals surface area contributed by atoms with Gasteiger partial charge in [-0.2, -0.15) is 0 Å². The van der Waals surface area contributed by atoms with Gasteiger partial charge in [0.1, 0.15) is 11.8 Å². The van der Waals surface area contributed by atoms with Gasteiger partial charge in [0, 0.05) is 6.42 Å². The summed E-state index contributed by atoms with van der Waals surface area (Å²) in [6, 6.07) is -0.528. The molecular formula is C10H17FN2O2S. The van der Waals surface area contributed by atoms with E-state index >= 15 is 0 Å². The van der Waals surface area contributed by atoms with Crippen molar-refractivity contribution < 1.29 is 13.9 Å². The number of hydrogen-bond donors (Lipinski definition) is 1. The Bertz CT molecular complexity index is 304. The Labute approximate surface area is 99.9 Å². The van der Waals surface area contributed by atoms with Crippen molar-refractivity contribution in [2.45, 2.75) is 45.0 Å². The van der Waals surface area contributed by atoms with E-state index in [0.717, 1.165) is 0 Å². The number of halogens is 1. The Morgan fingerprint density at radius 1 is 1.56 bits per heavy atom. The lowest BCUT2D eigenvalue weighted by Gasteiger charge is -2.27. The summed E-state index contributed by atoms with van der Waals surface area (Å²) in [5.41, 5.74) is 4.86.